The molecule has 0 radical (unpaired) electrons. The number of rotatable bonds is 3. The first-order valence-electron chi connectivity index (χ1n) is 9.56. The molecule has 1 saturated heterocycles. The van der Waals surface area contributed by atoms with Gasteiger partial charge in [0.05, 0.1) is 17.0 Å². The molecular formula is C19H24F3N5O2S. The molecule has 1 aromatic heterocycles. The van der Waals surface area contributed by atoms with Crippen LogP contribution in [0.1, 0.15) is 50.1 Å². The van der Waals surface area contributed by atoms with Crippen molar-refractivity contribution >= 4 is 28.9 Å². The summed E-state index contributed by atoms with van der Waals surface area (Å²) in [5.41, 5.74) is 3.84. The van der Waals surface area contributed by atoms with Crippen LogP contribution in [0.4, 0.5) is 18.0 Å². The molecule has 3 rings (SSSR count). The van der Waals surface area contributed by atoms with Crippen LogP contribution < -0.4 is 11.1 Å². The van der Waals surface area contributed by atoms with E-state index in [0.717, 1.165) is 13.8 Å². The quantitative estimate of drug-likeness (QED) is 0.750. The molecule has 0 saturated carbocycles. The van der Waals surface area contributed by atoms with Gasteiger partial charge in [0.2, 0.25) is 5.91 Å². The first kappa shape index (κ1) is 22.4. The largest absolute Gasteiger partial charge is 0.399 e. The van der Waals surface area contributed by atoms with Crippen LogP contribution in [0.2, 0.25) is 0 Å². The molecule has 2 unspecified atom stereocenters. The number of primary amides is 1. The van der Waals surface area contributed by atoms with E-state index in [9.17, 15) is 22.8 Å². The van der Waals surface area contributed by atoms with Gasteiger partial charge in [-0.1, -0.05) is 11.8 Å². The van der Waals surface area contributed by atoms with Crippen molar-refractivity contribution < 1.29 is 22.8 Å². The summed E-state index contributed by atoms with van der Waals surface area (Å²) in [7, 11) is 0. The monoisotopic (exact) mass is 443 g/mol. The van der Waals surface area contributed by atoms with Crippen LogP contribution in [0.25, 0.3) is 0 Å². The Morgan fingerprint density at radius 2 is 2.03 bits per heavy atom. The van der Waals surface area contributed by atoms with Gasteiger partial charge in [-0.2, -0.15) is 13.2 Å². The molecule has 0 aliphatic carbocycles. The van der Waals surface area contributed by atoms with Crippen molar-refractivity contribution in [2.24, 2.45) is 10.7 Å². The van der Waals surface area contributed by atoms with Crippen LogP contribution in [0.15, 0.2) is 23.3 Å². The summed E-state index contributed by atoms with van der Waals surface area (Å²) in [5.74, 6) is -0.550. The van der Waals surface area contributed by atoms with Gasteiger partial charge in [-0.25, -0.2) is 4.79 Å². The fraction of sp³-hybridized carbons (Fsp3) is 0.579. The van der Waals surface area contributed by atoms with E-state index in [0.29, 0.717) is 30.1 Å². The number of alkyl halides is 3. The fourth-order valence-electron chi connectivity index (χ4n) is 3.49. The van der Waals surface area contributed by atoms with E-state index in [1.165, 1.54) is 28.9 Å². The lowest BCUT2D eigenvalue weighted by Gasteiger charge is -2.28. The second kappa shape index (κ2) is 8.09. The van der Waals surface area contributed by atoms with E-state index in [1.54, 1.807) is 6.07 Å². The first-order chi connectivity index (χ1) is 13.9. The highest BCUT2D eigenvalue weighted by Crippen LogP contribution is 2.43. The highest BCUT2D eigenvalue weighted by molar-refractivity contribution is 8.14. The van der Waals surface area contributed by atoms with Crippen LogP contribution in [-0.4, -0.2) is 51.8 Å². The highest BCUT2D eigenvalue weighted by Gasteiger charge is 2.49. The summed E-state index contributed by atoms with van der Waals surface area (Å²) >= 11 is 1.26. The van der Waals surface area contributed by atoms with Crippen LogP contribution in [0.3, 0.4) is 0 Å². The lowest BCUT2D eigenvalue weighted by atomic mass is 9.87. The van der Waals surface area contributed by atoms with Crippen molar-refractivity contribution in [2.75, 3.05) is 6.54 Å². The number of nitrogens with zero attached hydrogens (tertiary/aromatic N) is 3. The molecule has 3 N–H and O–H groups in total. The Morgan fingerprint density at radius 3 is 2.67 bits per heavy atom. The molecule has 7 nitrogen and oxygen atoms in total. The van der Waals surface area contributed by atoms with Gasteiger partial charge in [0, 0.05) is 12.7 Å². The summed E-state index contributed by atoms with van der Waals surface area (Å²) in [5, 5.41) is 2.80. The second-order valence-corrected chi connectivity index (χ2v) is 9.12. The van der Waals surface area contributed by atoms with Crippen molar-refractivity contribution in [3.05, 3.63) is 29.6 Å². The number of amidine groups is 1. The number of carbonyl (C=O) groups is 2. The zero-order valence-corrected chi connectivity index (χ0v) is 17.7. The molecule has 0 bridgehead atoms. The molecule has 3 amide bonds. The van der Waals surface area contributed by atoms with Crippen LogP contribution in [-0.2, 0) is 10.2 Å². The molecule has 30 heavy (non-hydrogen) atoms. The number of thioether (sulfide) groups is 1. The zero-order valence-electron chi connectivity index (χ0n) is 16.9. The molecule has 164 valence electrons. The van der Waals surface area contributed by atoms with Crippen molar-refractivity contribution in [1.29, 1.82) is 0 Å². The van der Waals surface area contributed by atoms with Gasteiger partial charge in [-0.15, -0.1) is 0 Å². The Labute approximate surface area is 176 Å². The summed E-state index contributed by atoms with van der Waals surface area (Å²) in [4.78, 5) is 33.8. The molecule has 1 aromatic rings. The molecule has 3 heterocycles. The SMILES string of the molecule is CC1N=C(NC(=O)N2CCC[C@H]2C(N)=O)SC1c1ccnc(C(C)(C)C(F)(F)F)c1. The topological polar surface area (TPSA) is 101 Å². The van der Waals surface area contributed by atoms with E-state index in [4.69, 9.17) is 5.73 Å². The van der Waals surface area contributed by atoms with E-state index in [1.807, 2.05) is 6.92 Å². The number of halogens is 3. The lowest BCUT2D eigenvalue weighted by Crippen LogP contribution is -2.49. The summed E-state index contributed by atoms with van der Waals surface area (Å²) in [6, 6.07) is 1.75. The van der Waals surface area contributed by atoms with Crippen molar-refractivity contribution in [3.63, 3.8) is 0 Å². The zero-order chi connectivity index (χ0) is 22.3. The maximum Gasteiger partial charge on any atom is 0.399 e. The number of amides is 3. The maximum atomic E-state index is 13.4. The summed E-state index contributed by atoms with van der Waals surface area (Å²) in [6.45, 7) is 4.44. The molecule has 2 aliphatic heterocycles. The highest BCUT2D eigenvalue weighted by atomic mass is 32.2. The molecule has 11 heteroatoms. The number of urea groups is 1. The smallest absolute Gasteiger partial charge is 0.368 e. The normalized spacial score (nSPS) is 24.7. The average molecular weight is 443 g/mol. The first-order valence-corrected chi connectivity index (χ1v) is 10.4. The predicted molar refractivity (Wildman–Crippen MR) is 108 cm³/mol. The van der Waals surface area contributed by atoms with Gasteiger partial charge in [-0.3, -0.25) is 20.1 Å². The third-order valence-electron chi connectivity index (χ3n) is 5.52. The Kier molecular flexibility index (Phi) is 6.03. The van der Waals surface area contributed by atoms with Crippen LogP contribution in [0.5, 0.6) is 0 Å². The third kappa shape index (κ3) is 4.26. The van der Waals surface area contributed by atoms with Gasteiger partial charge in [0.1, 0.15) is 11.5 Å². The minimum atomic E-state index is -4.44. The number of likely N-dealkylation sites (tertiary alicyclic amines) is 1. The molecular weight excluding hydrogens is 419 g/mol. The standard InChI is InChI=1S/C19H24F3N5O2S/c1-10-14(11-6-7-24-13(9-11)18(2,3)19(20,21)22)30-16(25-10)26-17(29)27-8-4-5-12(27)15(23)28/h6-7,9-10,12,14H,4-5,8H2,1-3H3,(H2,23,28)(H,25,26,29)/t10?,12-,14?/m0/s1. The molecule has 2 aliphatic rings. The number of nitrogens with one attached hydrogen (secondary N) is 1. The number of hydrogen-bond donors (Lipinski definition) is 2. The lowest BCUT2D eigenvalue weighted by molar-refractivity contribution is -0.181. The van der Waals surface area contributed by atoms with E-state index >= 15 is 0 Å². The van der Waals surface area contributed by atoms with E-state index < -0.39 is 29.6 Å². The number of pyridine rings is 1. The molecule has 1 fully saturated rings. The minimum Gasteiger partial charge on any atom is -0.368 e. The summed E-state index contributed by atoms with van der Waals surface area (Å²) in [6.07, 6.45) is -1.86. The minimum absolute atomic E-state index is 0.0702. The van der Waals surface area contributed by atoms with Crippen LogP contribution in [0, 0.1) is 0 Å². The number of aromatic nitrogens is 1. The van der Waals surface area contributed by atoms with Crippen molar-refractivity contribution in [2.45, 2.75) is 62.5 Å². The second-order valence-electron chi connectivity index (χ2n) is 7.99. The molecule has 0 spiro atoms. The number of nitrogens with two attached hydrogens (primary N) is 1. The van der Waals surface area contributed by atoms with Crippen molar-refractivity contribution in [1.82, 2.24) is 15.2 Å². The van der Waals surface area contributed by atoms with Crippen molar-refractivity contribution in [3.8, 4) is 0 Å². The maximum absolute atomic E-state index is 13.4. The summed E-state index contributed by atoms with van der Waals surface area (Å²) < 4.78 is 40.2. The molecule has 0 aromatic carbocycles. The Balaban J connectivity index is 1.72. The van der Waals surface area contributed by atoms with Gasteiger partial charge < -0.3 is 10.6 Å². The predicted octanol–water partition coefficient (Wildman–Crippen LogP) is 3.11. The van der Waals surface area contributed by atoms with Crippen LogP contribution >= 0.6 is 11.8 Å². The van der Waals surface area contributed by atoms with Gasteiger partial charge in [-0.05, 0) is 51.3 Å². The van der Waals surface area contributed by atoms with Gasteiger partial charge in [0.15, 0.2) is 5.17 Å². The fourth-order valence-corrected chi connectivity index (χ4v) is 4.64. The van der Waals surface area contributed by atoms with Gasteiger partial charge >= 0.3 is 12.2 Å². The van der Waals surface area contributed by atoms with E-state index in [-0.39, 0.29) is 17.0 Å². The number of aliphatic imine (C=N–C) groups is 1. The Hall–Kier alpha value is -2.30. The van der Waals surface area contributed by atoms with E-state index in [2.05, 4.69) is 15.3 Å². The number of hydrogen-bond acceptors (Lipinski definition) is 5. The average Bonchev–Trinajstić information content (AvgIpc) is 3.28. The Bertz CT molecular complexity index is 874. The third-order valence-corrected chi connectivity index (χ3v) is 6.87. The molecule has 3 atom stereocenters. The number of carbonyl (C=O) groups excluding carboxylic acids is 2. The van der Waals surface area contributed by atoms with Gasteiger partial charge in [0.25, 0.3) is 0 Å². The Morgan fingerprint density at radius 1 is 1.33 bits per heavy atom.